The molecule has 1 aromatic rings. The van der Waals surface area contributed by atoms with E-state index in [-0.39, 0.29) is 5.25 Å². The molecular weight excluding hydrogens is 278 g/mol. The molecule has 6 heteroatoms. The summed E-state index contributed by atoms with van der Waals surface area (Å²) < 4.78 is 34.1. The molecule has 1 aliphatic rings. The van der Waals surface area contributed by atoms with E-state index in [4.69, 9.17) is 9.47 Å². The summed E-state index contributed by atoms with van der Waals surface area (Å²) in [6.45, 7) is 1.61. The standard InChI is InChI=1S/C14H21NO4S/c1-18-13-6-2-3-7-14(13)19-9-8-15-11-12-5-4-10-20(12,16)17/h2-3,6-7,12,15H,4-5,8-11H2,1H3. The number of benzene rings is 1. The minimum Gasteiger partial charge on any atom is -0.493 e. The summed E-state index contributed by atoms with van der Waals surface area (Å²) in [6, 6.07) is 7.46. The molecule has 1 fully saturated rings. The van der Waals surface area contributed by atoms with Gasteiger partial charge in [0.05, 0.1) is 18.1 Å². The Morgan fingerprint density at radius 1 is 1.30 bits per heavy atom. The number of rotatable bonds is 7. The fourth-order valence-electron chi connectivity index (χ4n) is 2.32. The van der Waals surface area contributed by atoms with Crippen LogP contribution in [0.25, 0.3) is 0 Å². The molecule has 0 amide bonds. The van der Waals surface area contributed by atoms with Gasteiger partial charge in [-0.15, -0.1) is 0 Å². The predicted octanol–water partition coefficient (Wildman–Crippen LogP) is 1.24. The van der Waals surface area contributed by atoms with Gasteiger partial charge in [0.1, 0.15) is 6.61 Å². The van der Waals surface area contributed by atoms with Gasteiger partial charge in [0, 0.05) is 13.1 Å². The molecule has 0 saturated carbocycles. The van der Waals surface area contributed by atoms with Crippen LogP contribution in [0.1, 0.15) is 12.8 Å². The van der Waals surface area contributed by atoms with E-state index in [1.807, 2.05) is 24.3 Å². The van der Waals surface area contributed by atoms with Crippen LogP contribution >= 0.6 is 0 Å². The first kappa shape index (κ1) is 15.1. The Hall–Kier alpha value is -1.27. The topological polar surface area (TPSA) is 64.6 Å². The molecule has 0 bridgehead atoms. The van der Waals surface area contributed by atoms with Crippen molar-refractivity contribution < 1.29 is 17.9 Å². The van der Waals surface area contributed by atoms with Gasteiger partial charge in [0.15, 0.2) is 21.3 Å². The Bertz CT molecular complexity index is 530. The van der Waals surface area contributed by atoms with Gasteiger partial charge in [0.2, 0.25) is 0 Å². The van der Waals surface area contributed by atoms with E-state index in [1.165, 1.54) is 0 Å². The summed E-state index contributed by atoms with van der Waals surface area (Å²) in [7, 11) is -1.26. The molecule has 0 radical (unpaired) electrons. The third kappa shape index (κ3) is 3.86. The molecule has 0 spiro atoms. The van der Waals surface area contributed by atoms with Crippen LogP contribution in [0.4, 0.5) is 0 Å². The van der Waals surface area contributed by atoms with Gasteiger partial charge in [-0.25, -0.2) is 8.42 Å². The fraction of sp³-hybridized carbons (Fsp3) is 0.571. The molecule has 1 saturated heterocycles. The number of nitrogens with one attached hydrogen (secondary N) is 1. The van der Waals surface area contributed by atoms with Crippen molar-refractivity contribution in [3.05, 3.63) is 24.3 Å². The zero-order valence-electron chi connectivity index (χ0n) is 11.7. The summed E-state index contributed by atoms with van der Waals surface area (Å²) >= 11 is 0. The SMILES string of the molecule is COc1ccccc1OCCNCC1CCCS1(=O)=O. The van der Waals surface area contributed by atoms with Gasteiger partial charge >= 0.3 is 0 Å². The van der Waals surface area contributed by atoms with Gasteiger partial charge in [-0.05, 0) is 25.0 Å². The monoisotopic (exact) mass is 299 g/mol. The van der Waals surface area contributed by atoms with E-state index < -0.39 is 9.84 Å². The number of hydrogen-bond acceptors (Lipinski definition) is 5. The third-order valence-electron chi connectivity index (χ3n) is 3.44. The third-order valence-corrected chi connectivity index (χ3v) is 5.72. The Labute approximate surface area is 120 Å². The maximum atomic E-state index is 11.6. The van der Waals surface area contributed by atoms with E-state index in [1.54, 1.807) is 7.11 Å². The molecule has 0 aliphatic carbocycles. The maximum absolute atomic E-state index is 11.6. The average Bonchev–Trinajstić information content (AvgIpc) is 2.78. The van der Waals surface area contributed by atoms with Gasteiger partial charge in [-0.1, -0.05) is 12.1 Å². The van der Waals surface area contributed by atoms with Gasteiger partial charge < -0.3 is 14.8 Å². The molecule has 1 N–H and O–H groups in total. The second-order valence-corrected chi connectivity index (χ2v) is 7.24. The Morgan fingerprint density at radius 2 is 2.05 bits per heavy atom. The normalized spacial score (nSPS) is 20.8. The van der Waals surface area contributed by atoms with Gasteiger partial charge in [-0.2, -0.15) is 0 Å². The maximum Gasteiger partial charge on any atom is 0.161 e. The van der Waals surface area contributed by atoms with E-state index in [9.17, 15) is 8.42 Å². The van der Waals surface area contributed by atoms with Gasteiger partial charge in [0.25, 0.3) is 0 Å². The van der Waals surface area contributed by atoms with Crippen molar-refractivity contribution in [1.29, 1.82) is 0 Å². The zero-order chi connectivity index (χ0) is 14.4. The zero-order valence-corrected chi connectivity index (χ0v) is 12.5. The summed E-state index contributed by atoms with van der Waals surface area (Å²) in [5, 5.41) is 2.92. The van der Waals surface area contributed by atoms with Crippen molar-refractivity contribution in [2.75, 3.05) is 32.6 Å². The first-order valence-corrected chi connectivity index (χ1v) is 8.53. The molecule has 1 unspecified atom stereocenters. The van der Waals surface area contributed by atoms with E-state index in [2.05, 4.69) is 5.32 Å². The summed E-state index contributed by atoms with van der Waals surface area (Å²) in [5.74, 6) is 1.73. The Kier molecular flexibility index (Phi) is 5.25. The second kappa shape index (κ2) is 6.95. The number of methoxy groups -OCH3 is 1. The molecule has 20 heavy (non-hydrogen) atoms. The minimum atomic E-state index is -2.86. The van der Waals surface area contributed by atoms with E-state index in [0.29, 0.717) is 36.9 Å². The molecule has 0 aromatic heterocycles. The number of hydrogen-bond donors (Lipinski definition) is 1. The smallest absolute Gasteiger partial charge is 0.161 e. The summed E-state index contributed by atoms with van der Waals surface area (Å²) in [5.41, 5.74) is 0. The lowest BCUT2D eigenvalue weighted by Crippen LogP contribution is -2.32. The van der Waals surface area contributed by atoms with Crippen molar-refractivity contribution in [2.24, 2.45) is 0 Å². The lowest BCUT2D eigenvalue weighted by atomic mass is 10.2. The summed E-state index contributed by atoms with van der Waals surface area (Å²) in [4.78, 5) is 0. The second-order valence-electron chi connectivity index (χ2n) is 4.83. The van der Waals surface area contributed by atoms with Crippen LogP contribution < -0.4 is 14.8 Å². The quantitative estimate of drug-likeness (QED) is 0.768. The van der Waals surface area contributed by atoms with Crippen LogP contribution in [-0.4, -0.2) is 46.2 Å². The van der Waals surface area contributed by atoms with E-state index in [0.717, 1.165) is 12.8 Å². The van der Waals surface area contributed by atoms with Crippen molar-refractivity contribution in [3.8, 4) is 11.5 Å². The molecule has 1 aliphatic heterocycles. The highest BCUT2D eigenvalue weighted by Gasteiger charge is 2.30. The fourth-order valence-corrected chi connectivity index (χ4v) is 4.12. The molecular formula is C14H21NO4S. The molecule has 1 atom stereocenters. The largest absolute Gasteiger partial charge is 0.493 e. The van der Waals surface area contributed by atoms with Crippen molar-refractivity contribution in [3.63, 3.8) is 0 Å². The van der Waals surface area contributed by atoms with Crippen LogP contribution in [0, 0.1) is 0 Å². The van der Waals surface area contributed by atoms with Crippen LogP contribution in [0.5, 0.6) is 11.5 Å². The van der Waals surface area contributed by atoms with Crippen molar-refractivity contribution >= 4 is 9.84 Å². The first-order chi connectivity index (χ1) is 9.63. The molecule has 2 rings (SSSR count). The number of para-hydroxylation sites is 2. The lowest BCUT2D eigenvalue weighted by Gasteiger charge is -2.12. The molecule has 112 valence electrons. The van der Waals surface area contributed by atoms with Crippen LogP contribution in [-0.2, 0) is 9.84 Å². The van der Waals surface area contributed by atoms with Crippen LogP contribution in [0.2, 0.25) is 0 Å². The first-order valence-electron chi connectivity index (χ1n) is 6.81. The Balaban J connectivity index is 1.69. The van der Waals surface area contributed by atoms with Crippen molar-refractivity contribution in [2.45, 2.75) is 18.1 Å². The summed E-state index contributed by atoms with van der Waals surface area (Å²) in [6.07, 6.45) is 1.55. The van der Waals surface area contributed by atoms with Gasteiger partial charge in [-0.3, -0.25) is 0 Å². The molecule has 1 heterocycles. The number of sulfone groups is 1. The van der Waals surface area contributed by atoms with E-state index >= 15 is 0 Å². The minimum absolute atomic E-state index is 0.228. The highest BCUT2D eigenvalue weighted by Crippen LogP contribution is 2.25. The lowest BCUT2D eigenvalue weighted by molar-refractivity contribution is 0.292. The predicted molar refractivity (Wildman–Crippen MR) is 78.2 cm³/mol. The highest BCUT2D eigenvalue weighted by atomic mass is 32.2. The highest BCUT2D eigenvalue weighted by molar-refractivity contribution is 7.92. The van der Waals surface area contributed by atoms with Crippen LogP contribution in [0.3, 0.4) is 0 Å². The molecule has 1 aromatic carbocycles. The van der Waals surface area contributed by atoms with Crippen molar-refractivity contribution in [1.82, 2.24) is 5.32 Å². The van der Waals surface area contributed by atoms with Crippen LogP contribution in [0.15, 0.2) is 24.3 Å². The number of ether oxygens (including phenoxy) is 2. The molecule has 5 nitrogen and oxygen atoms in total. The average molecular weight is 299 g/mol. The Morgan fingerprint density at radius 3 is 2.70 bits per heavy atom.